The molecule has 0 amide bonds. The first kappa shape index (κ1) is 25.9. The standard InChI is InChI=1S/C32H24B2N4O4/c39-33(40)21-5-1-19(2-6-21)31-27-13-9-23(35-27)17-25-11-15-29(37-25)32(20-3-7-22(8-4-20)34(41)42)30-16-12-26(38-30)18-24-10-14-28(31)36-24/h1-18,35-36,39-42H. The van der Waals surface area contributed by atoms with E-state index >= 15 is 0 Å². The largest absolute Gasteiger partial charge is 0.488 e. The lowest BCUT2D eigenvalue weighted by molar-refractivity contribution is 0.424. The van der Waals surface area contributed by atoms with Gasteiger partial charge in [0.2, 0.25) is 0 Å². The molecule has 10 heteroatoms. The van der Waals surface area contributed by atoms with E-state index in [1.165, 1.54) is 0 Å². The quantitative estimate of drug-likeness (QED) is 0.186. The number of aromatic amines is 2. The highest BCUT2D eigenvalue weighted by Gasteiger charge is 2.17. The van der Waals surface area contributed by atoms with E-state index in [9.17, 15) is 20.1 Å². The van der Waals surface area contributed by atoms with Crippen LogP contribution in [0, 0.1) is 0 Å². The van der Waals surface area contributed by atoms with Gasteiger partial charge in [-0.25, -0.2) is 9.97 Å². The van der Waals surface area contributed by atoms with E-state index in [-0.39, 0.29) is 0 Å². The first-order valence-electron chi connectivity index (χ1n) is 13.4. The summed E-state index contributed by atoms with van der Waals surface area (Å²) in [5.41, 5.74) is 10.9. The van der Waals surface area contributed by atoms with Crippen LogP contribution < -0.4 is 10.9 Å². The summed E-state index contributed by atoms with van der Waals surface area (Å²) in [7, 11) is -3.08. The highest BCUT2D eigenvalue weighted by Crippen LogP contribution is 2.32. The van der Waals surface area contributed by atoms with E-state index in [1.807, 2.05) is 85.0 Å². The van der Waals surface area contributed by atoms with E-state index in [0.717, 1.165) is 67.1 Å². The van der Waals surface area contributed by atoms with Crippen molar-refractivity contribution in [1.82, 2.24) is 19.9 Å². The number of aromatic nitrogens is 4. The maximum atomic E-state index is 9.57. The molecule has 3 aromatic heterocycles. The fourth-order valence-electron chi connectivity index (χ4n) is 5.32. The molecule has 0 spiro atoms. The second-order valence-electron chi connectivity index (χ2n) is 10.2. The Labute approximate surface area is 241 Å². The maximum Gasteiger partial charge on any atom is 0.488 e. The molecule has 7 rings (SSSR count). The molecule has 2 aliphatic rings. The predicted molar refractivity (Wildman–Crippen MR) is 169 cm³/mol. The number of nitrogens with zero attached hydrogens (tertiary/aromatic N) is 2. The summed E-state index contributed by atoms with van der Waals surface area (Å²) in [4.78, 5) is 16.9. The van der Waals surface area contributed by atoms with Crippen LogP contribution in [0.15, 0.2) is 84.9 Å². The number of nitrogens with one attached hydrogen (secondary N) is 2. The van der Waals surface area contributed by atoms with Crippen LogP contribution in [0.1, 0.15) is 22.8 Å². The Morgan fingerprint density at radius 2 is 0.905 bits per heavy atom. The Kier molecular flexibility index (Phi) is 6.45. The van der Waals surface area contributed by atoms with Crippen molar-refractivity contribution in [3.05, 3.63) is 108 Å². The summed E-state index contributed by atoms with van der Waals surface area (Å²) in [6, 6.07) is 26.2. The third kappa shape index (κ3) is 4.89. The van der Waals surface area contributed by atoms with E-state index < -0.39 is 14.2 Å². The van der Waals surface area contributed by atoms with Gasteiger partial charge in [0.25, 0.3) is 0 Å². The van der Waals surface area contributed by atoms with E-state index in [4.69, 9.17) is 9.97 Å². The van der Waals surface area contributed by atoms with Gasteiger partial charge in [0, 0.05) is 33.2 Å². The zero-order chi connectivity index (χ0) is 28.8. The SMILES string of the molecule is OB(O)c1ccc(-c2c3nc(cc4ccc([nH]4)c(-c4ccc(B(O)O)cc4)c4ccc(cc5nc2C=C5)[nH]4)C=C3)cc1. The molecule has 8 nitrogen and oxygen atoms in total. The molecule has 2 aromatic carbocycles. The summed E-state index contributed by atoms with van der Waals surface area (Å²) >= 11 is 0. The van der Waals surface area contributed by atoms with Gasteiger partial charge in [-0.05, 0) is 82.8 Å². The first-order valence-corrected chi connectivity index (χ1v) is 13.4. The lowest BCUT2D eigenvalue weighted by atomic mass is 9.79. The van der Waals surface area contributed by atoms with Crippen LogP contribution in [0.3, 0.4) is 0 Å². The minimum Gasteiger partial charge on any atom is -0.423 e. The molecule has 0 aliphatic carbocycles. The molecule has 0 fully saturated rings. The number of fused-ring (bicyclic) bond motifs is 8. The third-order valence-electron chi connectivity index (χ3n) is 7.39. The van der Waals surface area contributed by atoms with Crippen molar-refractivity contribution in [2.45, 2.75) is 0 Å². The molecule has 0 atom stereocenters. The predicted octanol–water partition coefficient (Wildman–Crippen LogP) is 3.35. The number of benzene rings is 2. The van der Waals surface area contributed by atoms with E-state index in [2.05, 4.69) is 9.97 Å². The number of H-pyrrole nitrogens is 2. The van der Waals surface area contributed by atoms with Gasteiger partial charge in [0.15, 0.2) is 0 Å². The molecule has 42 heavy (non-hydrogen) atoms. The molecular formula is C32H24B2N4O4. The van der Waals surface area contributed by atoms with Crippen LogP contribution in [-0.4, -0.2) is 54.3 Å². The topological polar surface area (TPSA) is 138 Å². The fraction of sp³-hybridized carbons (Fsp3) is 0. The summed E-state index contributed by atoms with van der Waals surface area (Å²) < 4.78 is 0. The lowest BCUT2D eigenvalue weighted by Crippen LogP contribution is -2.29. The van der Waals surface area contributed by atoms with Crippen LogP contribution in [0.2, 0.25) is 0 Å². The van der Waals surface area contributed by atoms with Crippen molar-refractivity contribution in [3.8, 4) is 22.3 Å². The molecular weight excluding hydrogens is 526 g/mol. The highest BCUT2D eigenvalue weighted by atomic mass is 16.4. The van der Waals surface area contributed by atoms with Crippen molar-refractivity contribution in [1.29, 1.82) is 0 Å². The summed E-state index contributed by atoms with van der Waals surface area (Å²) in [6.45, 7) is 0. The van der Waals surface area contributed by atoms with Gasteiger partial charge in [0.05, 0.1) is 22.8 Å². The molecule has 0 saturated carbocycles. The van der Waals surface area contributed by atoms with Gasteiger partial charge in [-0.2, -0.15) is 0 Å². The Morgan fingerprint density at radius 1 is 0.476 bits per heavy atom. The maximum absolute atomic E-state index is 9.57. The molecule has 5 aromatic rings. The number of rotatable bonds is 4. The monoisotopic (exact) mass is 550 g/mol. The van der Waals surface area contributed by atoms with Crippen LogP contribution >= 0.6 is 0 Å². The highest BCUT2D eigenvalue weighted by molar-refractivity contribution is 6.59. The molecule has 8 bridgehead atoms. The zero-order valence-electron chi connectivity index (χ0n) is 22.2. The van der Waals surface area contributed by atoms with Crippen molar-refractivity contribution in [2.24, 2.45) is 0 Å². The Hall–Kier alpha value is -4.99. The molecule has 202 valence electrons. The van der Waals surface area contributed by atoms with Gasteiger partial charge in [-0.15, -0.1) is 0 Å². The average molecular weight is 550 g/mol. The summed E-state index contributed by atoms with van der Waals surface area (Å²) in [5, 5.41) is 38.3. The molecule has 2 aliphatic heterocycles. The van der Waals surface area contributed by atoms with Crippen molar-refractivity contribution in [2.75, 3.05) is 0 Å². The molecule has 0 unspecified atom stereocenters. The van der Waals surface area contributed by atoms with Crippen LogP contribution in [-0.2, 0) is 0 Å². The molecule has 5 heterocycles. The van der Waals surface area contributed by atoms with Crippen molar-refractivity contribution < 1.29 is 20.1 Å². The Morgan fingerprint density at radius 3 is 1.33 bits per heavy atom. The second-order valence-corrected chi connectivity index (χ2v) is 10.2. The van der Waals surface area contributed by atoms with Gasteiger partial charge in [-0.3, -0.25) is 0 Å². The Balaban J connectivity index is 1.49. The molecule has 0 saturated heterocycles. The van der Waals surface area contributed by atoms with Gasteiger partial charge in [0.1, 0.15) is 0 Å². The summed E-state index contributed by atoms with van der Waals surface area (Å²) in [5.74, 6) is 0. The van der Waals surface area contributed by atoms with Crippen molar-refractivity contribution in [3.63, 3.8) is 0 Å². The normalized spacial score (nSPS) is 12.1. The fourth-order valence-corrected chi connectivity index (χ4v) is 5.32. The molecule has 0 radical (unpaired) electrons. The lowest BCUT2D eigenvalue weighted by Gasteiger charge is -2.06. The van der Waals surface area contributed by atoms with Crippen LogP contribution in [0.25, 0.3) is 68.6 Å². The van der Waals surface area contributed by atoms with Gasteiger partial charge < -0.3 is 30.1 Å². The van der Waals surface area contributed by atoms with Crippen LogP contribution in [0.5, 0.6) is 0 Å². The van der Waals surface area contributed by atoms with Gasteiger partial charge >= 0.3 is 14.2 Å². The van der Waals surface area contributed by atoms with Gasteiger partial charge in [-0.1, -0.05) is 48.5 Å². The van der Waals surface area contributed by atoms with E-state index in [0.29, 0.717) is 10.9 Å². The third-order valence-corrected chi connectivity index (χ3v) is 7.39. The average Bonchev–Trinajstić information content (AvgIpc) is 3.80. The minimum absolute atomic E-state index is 0.407. The summed E-state index contributed by atoms with van der Waals surface area (Å²) in [6.07, 6.45) is 7.83. The second kappa shape index (κ2) is 10.4. The van der Waals surface area contributed by atoms with E-state index in [1.54, 1.807) is 24.3 Å². The van der Waals surface area contributed by atoms with Crippen molar-refractivity contribution >= 4 is 71.5 Å². The first-order chi connectivity index (χ1) is 20.4. The number of hydrogen-bond acceptors (Lipinski definition) is 6. The molecule has 6 N–H and O–H groups in total. The minimum atomic E-state index is -1.54. The smallest absolute Gasteiger partial charge is 0.423 e. The number of hydrogen-bond donors (Lipinski definition) is 6. The zero-order valence-corrected chi connectivity index (χ0v) is 22.2. The van der Waals surface area contributed by atoms with Crippen LogP contribution in [0.4, 0.5) is 0 Å². The Bertz CT molecular complexity index is 1950.